The van der Waals surface area contributed by atoms with Crippen molar-refractivity contribution in [3.05, 3.63) is 27.0 Å². The molecule has 1 fully saturated rings. The summed E-state index contributed by atoms with van der Waals surface area (Å²) < 4.78 is 10.2. The van der Waals surface area contributed by atoms with E-state index >= 15 is 0 Å². The van der Waals surface area contributed by atoms with Crippen LogP contribution in [0.4, 0.5) is 5.69 Å². The molecule has 0 aromatic carbocycles. The molecule has 0 radical (unpaired) electrons. The van der Waals surface area contributed by atoms with E-state index in [1.165, 1.54) is 6.20 Å². The van der Waals surface area contributed by atoms with Gasteiger partial charge in [-0.15, -0.1) is 0 Å². The predicted octanol–water partition coefficient (Wildman–Crippen LogP) is -1.17. The number of nitrogens with zero attached hydrogens (tertiary/aromatic N) is 1. The minimum Gasteiger partial charge on any atom is -0.464 e. The molecule has 0 saturated carbocycles. The average molecular weight is 269 g/mol. The Balaban J connectivity index is 2.15. The predicted molar refractivity (Wildman–Crippen MR) is 66.3 cm³/mol. The number of ether oxygens (including phenoxy) is 2. The molecule has 0 aliphatic carbocycles. The molecule has 1 atom stereocenters. The fraction of sp³-hybridized carbons (Fsp3) is 0.545. The van der Waals surface area contributed by atoms with E-state index in [1.807, 2.05) is 0 Å². The Hall–Kier alpha value is -2.09. The van der Waals surface area contributed by atoms with Crippen molar-refractivity contribution >= 4 is 11.7 Å². The minimum absolute atomic E-state index is 0.216. The number of hydrogen-bond donors (Lipinski definition) is 2. The van der Waals surface area contributed by atoms with Gasteiger partial charge in [-0.1, -0.05) is 0 Å². The molecule has 0 amide bonds. The maximum Gasteiger partial charge on any atom is 0.337 e. The largest absolute Gasteiger partial charge is 0.464 e. The van der Waals surface area contributed by atoms with Crippen molar-refractivity contribution in [2.24, 2.45) is 0 Å². The van der Waals surface area contributed by atoms with Crippen molar-refractivity contribution < 1.29 is 14.3 Å². The van der Waals surface area contributed by atoms with Crippen molar-refractivity contribution in [1.82, 2.24) is 9.97 Å². The van der Waals surface area contributed by atoms with Gasteiger partial charge in [-0.25, -0.2) is 9.59 Å². The second-order valence-electron chi connectivity index (χ2n) is 4.01. The third kappa shape index (κ3) is 3.02. The van der Waals surface area contributed by atoms with E-state index in [-0.39, 0.29) is 13.2 Å². The number of aromatic nitrogens is 2. The number of rotatable bonds is 3. The molecular weight excluding hydrogens is 254 g/mol. The highest BCUT2D eigenvalue weighted by molar-refractivity contribution is 5.75. The van der Waals surface area contributed by atoms with Gasteiger partial charge in [0.2, 0.25) is 0 Å². The van der Waals surface area contributed by atoms with E-state index in [9.17, 15) is 14.4 Å². The molecule has 2 N–H and O–H groups in total. The van der Waals surface area contributed by atoms with Crippen LogP contribution in [0.25, 0.3) is 0 Å². The Bertz CT molecular complexity index is 564. The average Bonchev–Trinajstić information content (AvgIpc) is 2.39. The van der Waals surface area contributed by atoms with Crippen LogP contribution in [0.5, 0.6) is 0 Å². The standard InChI is InChI=1S/C11H15N3O5/c1-2-18-10(16)8-6-14(3-4-19-8)7-5-12-11(17)13-9(7)15/h5,8H,2-4,6H2,1H3,(H2,12,13,15,17)/t8-/m0/s1. The van der Waals surface area contributed by atoms with Gasteiger partial charge in [-0.2, -0.15) is 0 Å². The molecule has 2 rings (SSSR count). The monoisotopic (exact) mass is 269 g/mol. The quantitative estimate of drug-likeness (QED) is 0.670. The molecule has 0 bridgehead atoms. The third-order valence-electron chi connectivity index (χ3n) is 2.76. The number of H-pyrrole nitrogens is 2. The lowest BCUT2D eigenvalue weighted by Gasteiger charge is -2.32. The van der Waals surface area contributed by atoms with Crippen LogP contribution in [0.2, 0.25) is 0 Å². The third-order valence-corrected chi connectivity index (χ3v) is 2.76. The maximum absolute atomic E-state index is 11.7. The van der Waals surface area contributed by atoms with Gasteiger partial charge in [0.05, 0.1) is 19.8 Å². The Morgan fingerprint density at radius 1 is 1.58 bits per heavy atom. The summed E-state index contributed by atoms with van der Waals surface area (Å²) >= 11 is 0. The van der Waals surface area contributed by atoms with Crippen LogP contribution in [-0.4, -0.2) is 48.3 Å². The number of carbonyl (C=O) groups excluding carboxylic acids is 1. The first-order valence-electron chi connectivity index (χ1n) is 5.97. The van der Waals surface area contributed by atoms with Crippen LogP contribution in [0.1, 0.15) is 6.92 Å². The summed E-state index contributed by atoms with van der Waals surface area (Å²) in [6.45, 7) is 2.98. The lowest BCUT2D eigenvalue weighted by molar-refractivity contribution is -0.157. The van der Waals surface area contributed by atoms with Gasteiger partial charge in [-0.05, 0) is 6.92 Å². The summed E-state index contributed by atoms with van der Waals surface area (Å²) in [6, 6.07) is 0. The Morgan fingerprint density at radius 3 is 3.05 bits per heavy atom. The lowest BCUT2D eigenvalue weighted by Crippen LogP contribution is -2.48. The van der Waals surface area contributed by atoms with Crippen molar-refractivity contribution in [2.75, 3.05) is 31.2 Å². The van der Waals surface area contributed by atoms with Gasteiger partial charge in [0.1, 0.15) is 5.69 Å². The van der Waals surface area contributed by atoms with E-state index in [1.54, 1.807) is 11.8 Å². The number of esters is 1. The summed E-state index contributed by atoms with van der Waals surface area (Å²) in [5, 5.41) is 0. The smallest absolute Gasteiger partial charge is 0.337 e. The highest BCUT2D eigenvalue weighted by atomic mass is 16.6. The lowest BCUT2D eigenvalue weighted by atomic mass is 10.2. The number of anilines is 1. The zero-order chi connectivity index (χ0) is 13.8. The van der Waals surface area contributed by atoms with Gasteiger partial charge in [0, 0.05) is 12.7 Å². The summed E-state index contributed by atoms with van der Waals surface area (Å²) in [5.41, 5.74) is -0.755. The van der Waals surface area contributed by atoms with Gasteiger partial charge < -0.3 is 19.4 Å². The zero-order valence-corrected chi connectivity index (χ0v) is 10.5. The molecule has 1 aliphatic heterocycles. The highest BCUT2D eigenvalue weighted by Crippen LogP contribution is 2.12. The van der Waals surface area contributed by atoms with Crippen molar-refractivity contribution in [3.63, 3.8) is 0 Å². The molecule has 0 unspecified atom stereocenters. The summed E-state index contributed by atoms with van der Waals surface area (Å²) in [6.07, 6.45) is 0.606. The zero-order valence-electron chi connectivity index (χ0n) is 10.5. The maximum atomic E-state index is 11.7. The van der Waals surface area contributed by atoms with E-state index < -0.39 is 23.3 Å². The summed E-state index contributed by atoms with van der Waals surface area (Å²) in [7, 11) is 0. The van der Waals surface area contributed by atoms with E-state index in [0.29, 0.717) is 18.8 Å². The van der Waals surface area contributed by atoms with Gasteiger partial charge >= 0.3 is 11.7 Å². The molecular formula is C11H15N3O5. The van der Waals surface area contributed by atoms with E-state index in [4.69, 9.17) is 9.47 Å². The second-order valence-corrected chi connectivity index (χ2v) is 4.01. The number of carbonyl (C=O) groups is 1. The fourth-order valence-corrected chi connectivity index (χ4v) is 1.88. The molecule has 0 spiro atoms. The number of hydrogen-bond acceptors (Lipinski definition) is 6. The Labute approximate surface area is 108 Å². The molecule has 1 aromatic heterocycles. The van der Waals surface area contributed by atoms with E-state index in [2.05, 4.69) is 9.97 Å². The van der Waals surface area contributed by atoms with Crippen LogP contribution in [0.3, 0.4) is 0 Å². The van der Waals surface area contributed by atoms with Crippen LogP contribution >= 0.6 is 0 Å². The summed E-state index contributed by atoms with van der Waals surface area (Å²) in [4.78, 5) is 40.4. The number of morpholine rings is 1. The van der Waals surface area contributed by atoms with Gasteiger partial charge in [-0.3, -0.25) is 9.78 Å². The molecule has 8 heteroatoms. The normalized spacial score (nSPS) is 19.2. The molecule has 2 heterocycles. The molecule has 8 nitrogen and oxygen atoms in total. The molecule has 19 heavy (non-hydrogen) atoms. The molecule has 104 valence electrons. The number of nitrogens with one attached hydrogen (secondary N) is 2. The van der Waals surface area contributed by atoms with Crippen LogP contribution in [-0.2, 0) is 14.3 Å². The van der Waals surface area contributed by atoms with Crippen LogP contribution in [0, 0.1) is 0 Å². The van der Waals surface area contributed by atoms with E-state index in [0.717, 1.165) is 0 Å². The fourth-order valence-electron chi connectivity index (χ4n) is 1.88. The van der Waals surface area contributed by atoms with Crippen molar-refractivity contribution in [2.45, 2.75) is 13.0 Å². The minimum atomic E-state index is -0.722. The molecule has 1 aromatic rings. The van der Waals surface area contributed by atoms with Crippen LogP contribution in [0.15, 0.2) is 15.8 Å². The first-order valence-corrected chi connectivity index (χ1v) is 5.97. The SMILES string of the molecule is CCOC(=O)[C@@H]1CN(c2c[nH]c(=O)[nH]c2=O)CCO1. The Kier molecular flexibility index (Phi) is 4.00. The number of aromatic amines is 2. The van der Waals surface area contributed by atoms with Crippen LogP contribution < -0.4 is 16.1 Å². The molecule has 1 saturated heterocycles. The van der Waals surface area contributed by atoms with Gasteiger partial charge in [0.25, 0.3) is 5.56 Å². The highest BCUT2D eigenvalue weighted by Gasteiger charge is 2.28. The second kappa shape index (κ2) is 5.70. The van der Waals surface area contributed by atoms with Crippen molar-refractivity contribution in [1.29, 1.82) is 0 Å². The summed E-state index contributed by atoms with van der Waals surface area (Å²) in [5.74, 6) is -0.451. The van der Waals surface area contributed by atoms with Crippen molar-refractivity contribution in [3.8, 4) is 0 Å². The first-order chi connectivity index (χ1) is 9.11. The first kappa shape index (κ1) is 13.3. The Morgan fingerprint density at radius 2 is 2.37 bits per heavy atom. The topological polar surface area (TPSA) is 104 Å². The molecule has 1 aliphatic rings. The van der Waals surface area contributed by atoms with Gasteiger partial charge in [0.15, 0.2) is 6.10 Å².